The molecule has 1 saturated heterocycles. The normalized spacial score (nSPS) is 21.1. The van der Waals surface area contributed by atoms with Gasteiger partial charge in [0.05, 0.1) is 13.2 Å². The Kier molecular flexibility index (Phi) is 6.61. The van der Waals surface area contributed by atoms with Gasteiger partial charge in [0, 0.05) is 13.0 Å². The van der Waals surface area contributed by atoms with E-state index in [9.17, 15) is 9.59 Å². The average molecular weight is 299 g/mol. The first-order valence-electron chi connectivity index (χ1n) is 7.64. The zero-order chi connectivity index (χ0) is 16.0. The number of primary amides is 1. The quantitative estimate of drug-likeness (QED) is 0.745. The summed E-state index contributed by atoms with van der Waals surface area (Å²) in [6.45, 7) is 8.21. The van der Waals surface area contributed by atoms with Crippen LogP contribution in [0.2, 0.25) is 0 Å². The van der Waals surface area contributed by atoms with E-state index in [4.69, 9.17) is 16.2 Å². The average Bonchev–Trinajstić information content (AvgIpc) is 2.41. The van der Waals surface area contributed by atoms with E-state index < -0.39 is 11.9 Å². The highest BCUT2D eigenvalue weighted by Crippen LogP contribution is 2.32. The second-order valence-electron chi connectivity index (χ2n) is 6.76. The SMILES string of the molecule is CC(C)(C)C(CCN)CCC(=O)N1CCOCC1C(N)=O. The summed E-state index contributed by atoms with van der Waals surface area (Å²) in [5.41, 5.74) is 11.1. The Hall–Kier alpha value is -1.14. The molecule has 1 aliphatic rings. The van der Waals surface area contributed by atoms with Crippen LogP contribution in [0.1, 0.15) is 40.0 Å². The van der Waals surface area contributed by atoms with Crippen molar-refractivity contribution >= 4 is 11.8 Å². The van der Waals surface area contributed by atoms with Gasteiger partial charge >= 0.3 is 0 Å². The first-order valence-corrected chi connectivity index (χ1v) is 7.64. The molecule has 0 aliphatic carbocycles. The fourth-order valence-corrected chi connectivity index (χ4v) is 2.79. The van der Waals surface area contributed by atoms with E-state index in [0.717, 1.165) is 12.8 Å². The van der Waals surface area contributed by atoms with Gasteiger partial charge in [-0.15, -0.1) is 0 Å². The molecule has 0 radical (unpaired) electrons. The van der Waals surface area contributed by atoms with Gasteiger partial charge in [-0.25, -0.2) is 0 Å². The standard InChI is InChI=1S/C15H29N3O3/c1-15(2,3)11(6-7-16)4-5-13(19)18-8-9-21-10-12(18)14(17)20/h11-12H,4-10,16H2,1-3H3,(H2,17,20). The lowest BCUT2D eigenvalue weighted by Gasteiger charge is -2.35. The van der Waals surface area contributed by atoms with Gasteiger partial charge in [0.25, 0.3) is 0 Å². The van der Waals surface area contributed by atoms with Gasteiger partial charge in [-0.1, -0.05) is 20.8 Å². The van der Waals surface area contributed by atoms with Crippen molar-refractivity contribution in [2.24, 2.45) is 22.8 Å². The predicted octanol–water partition coefficient (Wildman–Crippen LogP) is 0.490. The Labute approximate surface area is 127 Å². The van der Waals surface area contributed by atoms with E-state index in [-0.39, 0.29) is 17.9 Å². The lowest BCUT2D eigenvalue weighted by atomic mass is 9.76. The van der Waals surface area contributed by atoms with Crippen molar-refractivity contribution in [2.75, 3.05) is 26.3 Å². The zero-order valence-electron chi connectivity index (χ0n) is 13.4. The first-order chi connectivity index (χ1) is 9.77. The van der Waals surface area contributed by atoms with Crippen molar-refractivity contribution in [3.8, 4) is 0 Å². The Morgan fingerprint density at radius 3 is 2.52 bits per heavy atom. The predicted molar refractivity (Wildman–Crippen MR) is 81.4 cm³/mol. The summed E-state index contributed by atoms with van der Waals surface area (Å²) in [5, 5.41) is 0. The number of carbonyl (C=O) groups excluding carboxylic acids is 2. The van der Waals surface area contributed by atoms with Crippen LogP contribution >= 0.6 is 0 Å². The molecule has 0 aromatic heterocycles. The number of carbonyl (C=O) groups is 2. The minimum atomic E-state index is -0.631. The maximum atomic E-state index is 12.4. The fourth-order valence-electron chi connectivity index (χ4n) is 2.79. The van der Waals surface area contributed by atoms with Crippen LogP contribution < -0.4 is 11.5 Å². The number of morpholine rings is 1. The molecule has 4 N–H and O–H groups in total. The number of ether oxygens (including phenoxy) is 1. The molecule has 21 heavy (non-hydrogen) atoms. The summed E-state index contributed by atoms with van der Waals surface area (Å²) in [6.07, 6.45) is 2.10. The summed E-state index contributed by atoms with van der Waals surface area (Å²) in [6, 6.07) is -0.631. The highest BCUT2D eigenvalue weighted by Gasteiger charge is 2.32. The van der Waals surface area contributed by atoms with Crippen molar-refractivity contribution in [2.45, 2.75) is 46.1 Å². The summed E-state index contributed by atoms with van der Waals surface area (Å²) < 4.78 is 5.23. The molecule has 1 rings (SSSR count). The zero-order valence-corrected chi connectivity index (χ0v) is 13.4. The van der Waals surface area contributed by atoms with E-state index in [1.54, 1.807) is 4.90 Å². The Bertz CT molecular complexity index is 366. The molecule has 2 unspecified atom stereocenters. The Morgan fingerprint density at radius 2 is 2.00 bits per heavy atom. The van der Waals surface area contributed by atoms with Gasteiger partial charge < -0.3 is 21.1 Å². The monoisotopic (exact) mass is 299 g/mol. The highest BCUT2D eigenvalue weighted by molar-refractivity contribution is 5.86. The third kappa shape index (κ3) is 5.28. The largest absolute Gasteiger partial charge is 0.377 e. The molecule has 0 aromatic rings. The van der Waals surface area contributed by atoms with Crippen molar-refractivity contribution in [3.63, 3.8) is 0 Å². The van der Waals surface area contributed by atoms with Crippen LogP contribution in [0.3, 0.4) is 0 Å². The van der Waals surface area contributed by atoms with Crippen LogP contribution in [0.5, 0.6) is 0 Å². The van der Waals surface area contributed by atoms with Crippen LogP contribution in [0, 0.1) is 11.3 Å². The molecule has 1 aliphatic heterocycles. The minimum Gasteiger partial charge on any atom is -0.377 e. The van der Waals surface area contributed by atoms with Gasteiger partial charge in [-0.3, -0.25) is 9.59 Å². The lowest BCUT2D eigenvalue weighted by Crippen LogP contribution is -2.54. The Morgan fingerprint density at radius 1 is 1.33 bits per heavy atom. The molecule has 1 heterocycles. The van der Waals surface area contributed by atoms with Crippen LogP contribution in [-0.4, -0.2) is 49.1 Å². The van der Waals surface area contributed by atoms with Crippen molar-refractivity contribution < 1.29 is 14.3 Å². The number of hydrogen-bond donors (Lipinski definition) is 2. The van der Waals surface area contributed by atoms with Gasteiger partial charge in [-0.2, -0.15) is 0 Å². The molecular formula is C15H29N3O3. The molecule has 0 saturated carbocycles. The third-order valence-electron chi connectivity index (χ3n) is 4.22. The molecule has 6 heteroatoms. The lowest BCUT2D eigenvalue weighted by molar-refractivity contribution is -0.147. The minimum absolute atomic E-state index is 0.0200. The van der Waals surface area contributed by atoms with E-state index in [0.29, 0.717) is 32.0 Å². The number of amides is 2. The van der Waals surface area contributed by atoms with Crippen LogP contribution in [0.15, 0.2) is 0 Å². The summed E-state index contributed by atoms with van der Waals surface area (Å²) in [7, 11) is 0. The van der Waals surface area contributed by atoms with Crippen molar-refractivity contribution in [3.05, 3.63) is 0 Å². The molecule has 2 atom stereocenters. The van der Waals surface area contributed by atoms with Crippen LogP contribution in [0.25, 0.3) is 0 Å². The molecule has 122 valence electrons. The molecular weight excluding hydrogens is 270 g/mol. The van der Waals surface area contributed by atoms with E-state index >= 15 is 0 Å². The maximum absolute atomic E-state index is 12.4. The molecule has 0 spiro atoms. The number of nitrogens with zero attached hydrogens (tertiary/aromatic N) is 1. The van der Waals surface area contributed by atoms with Gasteiger partial charge in [0.15, 0.2) is 0 Å². The summed E-state index contributed by atoms with van der Waals surface area (Å²) >= 11 is 0. The second-order valence-corrected chi connectivity index (χ2v) is 6.76. The topological polar surface area (TPSA) is 98.7 Å². The number of hydrogen-bond acceptors (Lipinski definition) is 4. The number of nitrogens with two attached hydrogens (primary N) is 2. The smallest absolute Gasteiger partial charge is 0.242 e. The molecule has 2 amide bonds. The van der Waals surface area contributed by atoms with Gasteiger partial charge in [0.2, 0.25) is 11.8 Å². The second kappa shape index (κ2) is 7.75. The van der Waals surface area contributed by atoms with Crippen LogP contribution in [-0.2, 0) is 14.3 Å². The molecule has 0 bridgehead atoms. The maximum Gasteiger partial charge on any atom is 0.242 e. The summed E-state index contributed by atoms with van der Waals surface area (Å²) in [5.74, 6) is -0.134. The van der Waals surface area contributed by atoms with Crippen molar-refractivity contribution in [1.82, 2.24) is 4.90 Å². The van der Waals surface area contributed by atoms with Gasteiger partial charge in [-0.05, 0) is 30.7 Å². The number of rotatable bonds is 6. The van der Waals surface area contributed by atoms with Crippen LogP contribution in [0.4, 0.5) is 0 Å². The fraction of sp³-hybridized carbons (Fsp3) is 0.867. The van der Waals surface area contributed by atoms with E-state index in [2.05, 4.69) is 20.8 Å². The van der Waals surface area contributed by atoms with Crippen molar-refractivity contribution in [1.29, 1.82) is 0 Å². The highest BCUT2D eigenvalue weighted by atomic mass is 16.5. The first kappa shape index (κ1) is 17.9. The summed E-state index contributed by atoms with van der Waals surface area (Å²) in [4.78, 5) is 25.3. The molecule has 1 fully saturated rings. The Balaban J connectivity index is 2.60. The van der Waals surface area contributed by atoms with E-state index in [1.165, 1.54) is 0 Å². The molecule has 6 nitrogen and oxygen atoms in total. The third-order valence-corrected chi connectivity index (χ3v) is 4.22. The van der Waals surface area contributed by atoms with E-state index in [1.807, 2.05) is 0 Å². The van der Waals surface area contributed by atoms with Gasteiger partial charge in [0.1, 0.15) is 6.04 Å². The molecule has 0 aromatic carbocycles.